The van der Waals surface area contributed by atoms with Gasteiger partial charge in [0, 0.05) is 10.6 Å². The SMILES string of the molecule is CC(C)OC(O[Si](C)(C)O)(c1ccccc1)C(C)(C)[Si](C)(C)O. The Kier molecular flexibility index (Phi) is 6.05. The van der Waals surface area contributed by atoms with Gasteiger partial charge in [-0.25, -0.2) is 0 Å². The highest BCUT2D eigenvalue weighted by molar-refractivity contribution is 6.73. The summed E-state index contributed by atoms with van der Waals surface area (Å²) in [7, 11) is -5.65. The van der Waals surface area contributed by atoms with Crippen molar-refractivity contribution in [2.24, 2.45) is 0 Å². The van der Waals surface area contributed by atoms with Crippen molar-refractivity contribution in [3.8, 4) is 0 Å². The summed E-state index contributed by atoms with van der Waals surface area (Å²) in [5.74, 6) is -1.20. The van der Waals surface area contributed by atoms with E-state index in [0.717, 1.165) is 5.56 Å². The molecule has 0 bridgehead atoms. The fourth-order valence-corrected chi connectivity index (χ4v) is 4.82. The van der Waals surface area contributed by atoms with Crippen molar-refractivity contribution in [2.75, 3.05) is 0 Å². The molecule has 0 radical (unpaired) electrons. The summed E-state index contributed by atoms with van der Waals surface area (Å²) in [6.45, 7) is 15.0. The Morgan fingerprint density at radius 2 is 1.43 bits per heavy atom. The van der Waals surface area contributed by atoms with Crippen molar-refractivity contribution < 1.29 is 18.8 Å². The van der Waals surface area contributed by atoms with E-state index >= 15 is 0 Å². The Morgan fingerprint density at radius 1 is 0.957 bits per heavy atom. The Bertz CT molecular complexity index is 504. The molecule has 132 valence electrons. The van der Waals surface area contributed by atoms with Gasteiger partial charge in [-0.3, -0.25) is 0 Å². The van der Waals surface area contributed by atoms with E-state index in [2.05, 4.69) is 0 Å². The molecular weight excluding hydrogens is 324 g/mol. The van der Waals surface area contributed by atoms with Gasteiger partial charge in [0.05, 0.1) is 6.10 Å². The fourth-order valence-electron chi connectivity index (χ4n) is 2.53. The van der Waals surface area contributed by atoms with Crippen LogP contribution in [0.1, 0.15) is 33.3 Å². The largest absolute Gasteiger partial charge is 0.432 e. The highest BCUT2D eigenvalue weighted by Crippen LogP contribution is 2.55. The third kappa shape index (κ3) is 4.52. The molecule has 0 fully saturated rings. The van der Waals surface area contributed by atoms with Gasteiger partial charge in [0.1, 0.15) is 0 Å². The van der Waals surface area contributed by atoms with Crippen LogP contribution in [0.2, 0.25) is 31.2 Å². The third-order valence-corrected chi connectivity index (χ3v) is 8.48. The van der Waals surface area contributed by atoms with Crippen molar-refractivity contribution >= 4 is 16.9 Å². The van der Waals surface area contributed by atoms with Crippen molar-refractivity contribution in [3.63, 3.8) is 0 Å². The van der Waals surface area contributed by atoms with Crippen LogP contribution in [0.5, 0.6) is 0 Å². The number of ether oxygens (including phenoxy) is 1. The highest BCUT2D eigenvalue weighted by Gasteiger charge is 2.59. The van der Waals surface area contributed by atoms with E-state index in [4.69, 9.17) is 9.16 Å². The van der Waals surface area contributed by atoms with Crippen LogP contribution in [0.15, 0.2) is 30.3 Å². The maximum atomic E-state index is 11.0. The lowest BCUT2D eigenvalue weighted by Gasteiger charge is -2.53. The van der Waals surface area contributed by atoms with Crippen LogP contribution < -0.4 is 0 Å². The predicted molar refractivity (Wildman–Crippen MR) is 98.9 cm³/mol. The maximum absolute atomic E-state index is 11.0. The molecule has 1 aromatic rings. The van der Waals surface area contributed by atoms with Crippen molar-refractivity contribution in [2.45, 2.75) is 70.8 Å². The Hall–Kier alpha value is -0.506. The average Bonchev–Trinajstić information content (AvgIpc) is 2.35. The van der Waals surface area contributed by atoms with Crippen LogP contribution in [0.4, 0.5) is 0 Å². The highest BCUT2D eigenvalue weighted by atomic mass is 28.4. The monoisotopic (exact) mass is 356 g/mol. The normalized spacial score (nSPS) is 16.5. The molecule has 1 rings (SSSR count). The van der Waals surface area contributed by atoms with E-state index < -0.39 is 27.7 Å². The van der Waals surface area contributed by atoms with Gasteiger partial charge in [-0.05, 0) is 40.0 Å². The lowest BCUT2D eigenvalue weighted by Crippen LogP contribution is -2.59. The molecule has 0 saturated carbocycles. The van der Waals surface area contributed by atoms with Crippen molar-refractivity contribution in [1.82, 2.24) is 0 Å². The second kappa shape index (κ2) is 6.78. The molecular formula is C17H32O4Si2. The minimum absolute atomic E-state index is 0.123. The van der Waals surface area contributed by atoms with Crippen LogP contribution in [0, 0.1) is 0 Å². The summed E-state index contributed by atoms with van der Waals surface area (Å²) >= 11 is 0. The number of benzene rings is 1. The van der Waals surface area contributed by atoms with Gasteiger partial charge >= 0.3 is 8.56 Å². The second-order valence-electron chi connectivity index (χ2n) is 7.88. The predicted octanol–water partition coefficient (Wildman–Crippen LogP) is 3.95. The minimum atomic E-state index is -2.94. The van der Waals surface area contributed by atoms with Gasteiger partial charge in [0.15, 0.2) is 14.1 Å². The van der Waals surface area contributed by atoms with Gasteiger partial charge in [0.25, 0.3) is 0 Å². The Labute approximate surface area is 142 Å². The number of hydrogen-bond donors (Lipinski definition) is 2. The van der Waals surface area contributed by atoms with Crippen molar-refractivity contribution in [3.05, 3.63) is 35.9 Å². The zero-order chi connectivity index (χ0) is 18.1. The molecule has 1 unspecified atom stereocenters. The molecule has 23 heavy (non-hydrogen) atoms. The van der Waals surface area contributed by atoms with Crippen molar-refractivity contribution in [1.29, 1.82) is 0 Å². The molecule has 2 N–H and O–H groups in total. The topological polar surface area (TPSA) is 58.9 Å². The quantitative estimate of drug-likeness (QED) is 0.573. The summed E-state index contributed by atoms with van der Waals surface area (Å²) in [6, 6.07) is 9.64. The van der Waals surface area contributed by atoms with E-state index in [1.54, 1.807) is 13.1 Å². The summed E-state index contributed by atoms with van der Waals surface area (Å²) in [5, 5.41) is -0.682. The van der Waals surface area contributed by atoms with Gasteiger partial charge < -0.3 is 18.8 Å². The number of hydrogen-bond acceptors (Lipinski definition) is 4. The Balaban J connectivity index is 3.66. The van der Waals surface area contributed by atoms with E-state index in [1.807, 2.05) is 71.1 Å². The van der Waals surface area contributed by atoms with Gasteiger partial charge in [-0.2, -0.15) is 0 Å². The molecule has 1 aromatic carbocycles. The molecule has 0 spiro atoms. The first-order valence-electron chi connectivity index (χ1n) is 8.11. The molecule has 4 nitrogen and oxygen atoms in total. The standard InChI is InChI=1S/C17H32O4Si2/c1-14(2)20-17(21-23(7,8)19,15-12-10-9-11-13-15)16(3,4)22(5,6)18/h9-14,18-19H,1-8H3. The van der Waals surface area contributed by atoms with E-state index in [0.29, 0.717) is 0 Å². The van der Waals surface area contributed by atoms with Crippen LogP contribution in [0.3, 0.4) is 0 Å². The molecule has 1 atom stereocenters. The molecule has 0 aliphatic rings. The van der Waals surface area contributed by atoms with Gasteiger partial charge in [-0.1, -0.05) is 44.2 Å². The van der Waals surface area contributed by atoms with Gasteiger partial charge in [-0.15, -0.1) is 0 Å². The smallest absolute Gasteiger partial charge is 0.331 e. The summed E-state index contributed by atoms with van der Waals surface area (Å²) in [6.07, 6.45) is -0.123. The molecule has 0 aromatic heterocycles. The van der Waals surface area contributed by atoms with Crippen LogP contribution in [-0.4, -0.2) is 32.6 Å². The second-order valence-corrected chi connectivity index (χ2v) is 15.3. The molecule has 0 aliphatic carbocycles. The summed E-state index contributed by atoms with van der Waals surface area (Å²) in [4.78, 5) is 21.5. The number of rotatable bonds is 7. The van der Waals surface area contributed by atoms with E-state index in [-0.39, 0.29) is 6.10 Å². The molecule has 0 aliphatic heterocycles. The third-order valence-electron chi connectivity index (χ3n) is 4.30. The zero-order valence-corrected chi connectivity index (χ0v) is 17.7. The van der Waals surface area contributed by atoms with E-state index in [1.165, 1.54) is 0 Å². The van der Waals surface area contributed by atoms with Gasteiger partial charge in [0.2, 0.25) is 0 Å². The lowest BCUT2D eigenvalue weighted by atomic mass is 9.93. The fraction of sp³-hybridized carbons (Fsp3) is 0.647. The molecule has 0 heterocycles. The van der Waals surface area contributed by atoms with Crippen LogP contribution >= 0.6 is 0 Å². The molecule has 0 amide bonds. The lowest BCUT2D eigenvalue weighted by molar-refractivity contribution is -0.248. The zero-order valence-electron chi connectivity index (χ0n) is 15.7. The minimum Gasteiger partial charge on any atom is -0.432 e. The maximum Gasteiger partial charge on any atom is 0.331 e. The molecule has 6 heteroatoms. The molecule has 0 saturated heterocycles. The summed E-state index contributed by atoms with van der Waals surface area (Å²) in [5.41, 5.74) is 0.822. The first kappa shape index (κ1) is 20.5. The van der Waals surface area contributed by atoms with E-state index in [9.17, 15) is 9.59 Å². The van der Waals surface area contributed by atoms with Crippen LogP contribution in [0.25, 0.3) is 0 Å². The summed E-state index contributed by atoms with van der Waals surface area (Å²) < 4.78 is 12.6. The first-order valence-corrected chi connectivity index (χ1v) is 13.9. The van der Waals surface area contributed by atoms with Crippen LogP contribution in [-0.2, 0) is 14.9 Å². The first-order chi connectivity index (χ1) is 10.2. The average molecular weight is 357 g/mol. The Morgan fingerprint density at radius 3 is 1.78 bits per heavy atom.